The van der Waals surface area contributed by atoms with Crippen LogP contribution >= 0.6 is 11.6 Å². The van der Waals surface area contributed by atoms with Gasteiger partial charge in [0.05, 0.1) is 16.1 Å². The summed E-state index contributed by atoms with van der Waals surface area (Å²) in [4.78, 5) is 12.9. The van der Waals surface area contributed by atoms with Gasteiger partial charge in [0.2, 0.25) is 5.92 Å². The lowest BCUT2D eigenvalue weighted by Gasteiger charge is -2.35. The van der Waals surface area contributed by atoms with Crippen molar-refractivity contribution in [1.82, 2.24) is 9.88 Å². The van der Waals surface area contributed by atoms with Crippen molar-refractivity contribution in [3.63, 3.8) is 0 Å². The van der Waals surface area contributed by atoms with Crippen LogP contribution in [0.3, 0.4) is 0 Å². The van der Waals surface area contributed by atoms with Gasteiger partial charge in [0, 0.05) is 37.5 Å². The van der Waals surface area contributed by atoms with Gasteiger partial charge in [-0.1, -0.05) is 17.7 Å². The largest absolute Gasteiger partial charge is 0.352 e. The van der Waals surface area contributed by atoms with E-state index in [-0.39, 0.29) is 30.6 Å². The lowest BCUT2D eigenvalue weighted by molar-refractivity contribution is -0.113. The van der Waals surface area contributed by atoms with E-state index in [1.165, 1.54) is 0 Å². The molecule has 0 radical (unpaired) electrons. The molecular formula is C22H26ClF3N2O. The van der Waals surface area contributed by atoms with Crippen molar-refractivity contribution in [1.29, 1.82) is 0 Å². The van der Waals surface area contributed by atoms with Crippen molar-refractivity contribution in [2.24, 2.45) is 11.8 Å². The molecule has 1 aromatic carbocycles. The number of hydrogen-bond acceptors (Lipinski definition) is 1. The Balaban J connectivity index is 1.48. The number of alkyl halides is 3. The molecule has 2 aliphatic rings. The Morgan fingerprint density at radius 2 is 1.90 bits per heavy atom. The smallest absolute Gasteiger partial charge is 0.253 e. The Morgan fingerprint density at radius 1 is 1.21 bits per heavy atom. The van der Waals surface area contributed by atoms with E-state index in [1.807, 2.05) is 10.6 Å². The molecule has 1 aromatic heterocycles. The molecule has 1 amide bonds. The standard InChI is InChI=1S/C22H26ClF3N2O/c1-21(24)7-5-14(6-8-21)11-27-20(29)16-13-28(12-15-9-22(25,26)10-15)18-4-2-3-17(23)19(16)18/h2-4,13-15H,5-12H2,1H3,(H,27,29). The quantitative estimate of drug-likeness (QED) is 0.626. The molecule has 2 fully saturated rings. The van der Waals surface area contributed by atoms with Crippen LogP contribution in [-0.2, 0) is 6.54 Å². The van der Waals surface area contributed by atoms with Crippen molar-refractivity contribution in [2.45, 2.75) is 63.6 Å². The Bertz CT molecular complexity index is 906. The number of amides is 1. The molecule has 0 spiro atoms. The highest BCUT2D eigenvalue weighted by Crippen LogP contribution is 2.44. The number of nitrogens with one attached hydrogen (secondary N) is 1. The summed E-state index contributed by atoms with van der Waals surface area (Å²) >= 11 is 6.37. The van der Waals surface area contributed by atoms with Gasteiger partial charge in [-0.15, -0.1) is 0 Å². The summed E-state index contributed by atoms with van der Waals surface area (Å²) in [6.45, 7) is 2.58. The molecule has 1 N–H and O–H groups in total. The van der Waals surface area contributed by atoms with Crippen LogP contribution in [0.1, 0.15) is 55.8 Å². The molecule has 1 heterocycles. The Labute approximate surface area is 173 Å². The van der Waals surface area contributed by atoms with Gasteiger partial charge in [-0.3, -0.25) is 4.79 Å². The third-order valence-electron chi connectivity index (χ3n) is 6.43. The lowest BCUT2D eigenvalue weighted by Crippen LogP contribution is -2.37. The highest BCUT2D eigenvalue weighted by atomic mass is 35.5. The van der Waals surface area contributed by atoms with Crippen molar-refractivity contribution in [2.75, 3.05) is 6.54 Å². The molecule has 4 rings (SSSR count). The average Bonchev–Trinajstić information content (AvgIpc) is 2.99. The molecule has 2 aromatic rings. The van der Waals surface area contributed by atoms with Gasteiger partial charge in [0.1, 0.15) is 5.67 Å². The maximum atomic E-state index is 14.0. The fourth-order valence-electron chi connectivity index (χ4n) is 4.64. The van der Waals surface area contributed by atoms with E-state index in [1.54, 1.807) is 25.3 Å². The van der Waals surface area contributed by atoms with E-state index < -0.39 is 11.6 Å². The maximum absolute atomic E-state index is 14.0. The summed E-state index contributed by atoms with van der Waals surface area (Å²) < 4.78 is 42.3. The van der Waals surface area contributed by atoms with Gasteiger partial charge in [0.15, 0.2) is 0 Å². The minimum atomic E-state index is -2.57. The molecule has 2 saturated carbocycles. The Kier molecular flexibility index (Phi) is 5.34. The number of aromatic nitrogens is 1. The molecule has 0 atom stereocenters. The van der Waals surface area contributed by atoms with Crippen LogP contribution in [0, 0.1) is 11.8 Å². The second-order valence-electron chi connectivity index (χ2n) is 9.03. The number of benzene rings is 1. The zero-order valence-corrected chi connectivity index (χ0v) is 17.2. The monoisotopic (exact) mass is 426 g/mol. The third-order valence-corrected chi connectivity index (χ3v) is 6.74. The van der Waals surface area contributed by atoms with E-state index in [2.05, 4.69) is 5.32 Å². The highest BCUT2D eigenvalue weighted by molar-refractivity contribution is 6.36. The normalized spacial score (nSPS) is 27.0. The summed E-state index contributed by atoms with van der Waals surface area (Å²) in [6.07, 6.45) is 4.03. The van der Waals surface area contributed by atoms with E-state index in [0.717, 1.165) is 18.4 Å². The summed E-state index contributed by atoms with van der Waals surface area (Å²) in [5.74, 6) is -2.63. The number of carbonyl (C=O) groups is 1. The molecule has 7 heteroatoms. The zero-order chi connectivity index (χ0) is 20.8. The van der Waals surface area contributed by atoms with Crippen LogP contribution in [0.5, 0.6) is 0 Å². The minimum Gasteiger partial charge on any atom is -0.352 e. The molecule has 158 valence electrons. The maximum Gasteiger partial charge on any atom is 0.253 e. The zero-order valence-electron chi connectivity index (χ0n) is 16.5. The van der Waals surface area contributed by atoms with E-state index >= 15 is 0 Å². The lowest BCUT2D eigenvalue weighted by atomic mass is 9.81. The summed E-state index contributed by atoms with van der Waals surface area (Å²) in [5, 5.41) is 4.09. The summed E-state index contributed by atoms with van der Waals surface area (Å²) in [5.41, 5.74) is 0.145. The molecule has 0 aliphatic heterocycles. The number of hydrogen-bond donors (Lipinski definition) is 1. The van der Waals surface area contributed by atoms with Gasteiger partial charge in [-0.2, -0.15) is 0 Å². The van der Waals surface area contributed by atoms with Crippen molar-refractivity contribution < 1.29 is 18.0 Å². The molecular weight excluding hydrogens is 401 g/mol. The first-order valence-corrected chi connectivity index (χ1v) is 10.6. The molecule has 0 saturated heterocycles. The van der Waals surface area contributed by atoms with Crippen LogP contribution in [0.2, 0.25) is 5.02 Å². The van der Waals surface area contributed by atoms with E-state index in [9.17, 15) is 18.0 Å². The van der Waals surface area contributed by atoms with Crippen LogP contribution in [0.15, 0.2) is 24.4 Å². The number of nitrogens with zero attached hydrogens (tertiary/aromatic N) is 1. The third kappa shape index (κ3) is 4.42. The highest BCUT2D eigenvalue weighted by Gasteiger charge is 2.45. The summed E-state index contributed by atoms with van der Waals surface area (Å²) in [6, 6.07) is 5.39. The second kappa shape index (κ2) is 7.53. The van der Waals surface area contributed by atoms with E-state index in [4.69, 9.17) is 11.6 Å². The first kappa shape index (κ1) is 20.6. The predicted octanol–water partition coefficient (Wildman–Crippen LogP) is 5.99. The van der Waals surface area contributed by atoms with E-state index in [0.29, 0.717) is 41.9 Å². The number of rotatable bonds is 5. The van der Waals surface area contributed by atoms with Crippen LogP contribution < -0.4 is 5.32 Å². The number of carbonyl (C=O) groups excluding carboxylic acids is 1. The fourth-order valence-corrected chi connectivity index (χ4v) is 4.91. The van der Waals surface area contributed by atoms with Gasteiger partial charge >= 0.3 is 0 Å². The first-order chi connectivity index (χ1) is 13.6. The van der Waals surface area contributed by atoms with Gasteiger partial charge in [-0.05, 0) is 56.6 Å². The molecule has 29 heavy (non-hydrogen) atoms. The van der Waals surface area contributed by atoms with Crippen molar-refractivity contribution >= 4 is 28.4 Å². The van der Waals surface area contributed by atoms with Crippen molar-refractivity contribution in [3.8, 4) is 0 Å². The SMILES string of the molecule is CC1(F)CCC(CNC(=O)c2cn(CC3CC(F)(F)C3)c3cccc(Cl)c23)CC1. The topological polar surface area (TPSA) is 34.0 Å². The Hall–Kier alpha value is -1.69. The predicted molar refractivity (Wildman–Crippen MR) is 108 cm³/mol. The number of fused-ring (bicyclic) bond motifs is 1. The van der Waals surface area contributed by atoms with Gasteiger partial charge in [-0.25, -0.2) is 13.2 Å². The molecule has 2 aliphatic carbocycles. The Morgan fingerprint density at radius 3 is 2.55 bits per heavy atom. The summed E-state index contributed by atoms with van der Waals surface area (Å²) in [7, 11) is 0. The van der Waals surface area contributed by atoms with Crippen LogP contribution in [0.25, 0.3) is 10.9 Å². The second-order valence-corrected chi connectivity index (χ2v) is 9.43. The van der Waals surface area contributed by atoms with Gasteiger partial charge < -0.3 is 9.88 Å². The first-order valence-electron chi connectivity index (χ1n) is 10.3. The van der Waals surface area contributed by atoms with Crippen LogP contribution in [0.4, 0.5) is 13.2 Å². The molecule has 3 nitrogen and oxygen atoms in total. The van der Waals surface area contributed by atoms with Crippen molar-refractivity contribution in [3.05, 3.63) is 35.0 Å². The van der Waals surface area contributed by atoms with Crippen LogP contribution in [-0.4, -0.2) is 28.6 Å². The van der Waals surface area contributed by atoms with Gasteiger partial charge in [0.25, 0.3) is 5.91 Å². The average molecular weight is 427 g/mol. The molecule has 0 unspecified atom stereocenters. The minimum absolute atomic E-state index is 0.104. The number of halogens is 4. The fraction of sp³-hybridized carbons (Fsp3) is 0.591. The molecule has 0 bridgehead atoms.